The molecule has 31 heavy (non-hydrogen) atoms. The molecule has 2 aliphatic rings. The fourth-order valence-electron chi connectivity index (χ4n) is 4.24. The number of hydrogen-bond donors (Lipinski definition) is 0. The van der Waals surface area contributed by atoms with Crippen molar-refractivity contribution in [3.05, 3.63) is 53.0 Å². The summed E-state index contributed by atoms with van der Waals surface area (Å²) in [5.41, 5.74) is 3.05. The number of benzene rings is 1. The van der Waals surface area contributed by atoms with Gasteiger partial charge in [0.1, 0.15) is 18.2 Å². The number of aryl methyl sites for hydroxylation is 1. The normalized spacial score (nSPS) is 18.6. The van der Waals surface area contributed by atoms with Gasteiger partial charge < -0.3 is 9.64 Å². The van der Waals surface area contributed by atoms with Gasteiger partial charge in [-0.1, -0.05) is 30.3 Å². The van der Waals surface area contributed by atoms with Crippen LogP contribution in [0.1, 0.15) is 55.3 Å². The Bertz CT molecular complexity index is 961. The molecule has 2 aromatic rings. The molecule has 1 unspecified atom stereocenters. The molecule has 7 heteroatoms. The third-order valence-corrected chi connectivity index (χ3v) is 5.98. The SMILES string of the molecule is Cc1nc(C2CCN(C(=O)COC(C)C)C2)nc2c1CCC(=O)N2Cc1ccccc1. The van der Waals surface area contributed by atoms with E-state index in [-0.39, 0.29) is 30.4 Å². The van der Waals surface area contributed by atoms with Gasteiger partial charge in [-0.3, -0.25) is 14.5 Å². The van der Waals surface area contributed by atoms with Gasteiger partial charge in [-0.2, -0.15) is 0 Å². The number of carbonyl (C=O) groups excluding carboxylic acids is 2. The van der Waals surface area contributed by atoms with Gasteiger partial charge in [0, 0.05) is 36.7 Å². The van der Waals surface area contributed by atoms with Crippen LogP contribution in [0.15, 0.2) is 30.3 Å². The molecule has 1 saturated heterocycles. The molecule has 0 N–H and O–H groups in total. The Balaban J connectivity index is 1.55. The zero-order valence-electron chi connectivity index (χ0n) is 18.5. The number of likely N-dealkylation sites (tertiary alicyclic amines) is 1. The fraction of sp³-hybridized carbons (Fsp3) is 0.500. The van der Waals surface area contributed by atoms with E-state index < -0.39 is 0 Å². The first kappa shape index (κ1) is 21.4. The number of ether oxygens (including phenoxy) is 1. The molecular formula is C24H30N4O3. The molecule has 3 heterocycles. The van der Waals surface area contributed by atoms with E-state index in [2.05, 4.69) is 0 Å². The lowest BCUT2D eigenvalue weighted by molar-refractivity contribution is -0.136. The summed E-state index contributed by atoms with van der Waals surface area (Å²) in [6.45, 7) is 7.72. The minimum absolute atomic E-state index is 0.00626. The Morgan fingerprint density at radius 2 is 1.97 bits per heavy atom. The minimum atomic E-state index is 0.00626. The van der Waals surface area contributed by atoms with Gasteiger partial charge in [0.05, 0.1) is 12.6 Å². The Morgan fingerprint density at radius 1 is 1.19 bits per heavy atom. The van der Waals surface area contributed by atoms with Crippen LogP contribution in [0.2, 0.25) is 0 Å². The van der Waals surface area contributed by atoms with Gasteiger partial charge in [0.25, 0.3) is 0 Å². The van der Waals surface area contributed by atoms with Crippen LogP contribution in [0.25, 0.3) is 0 Å². The summed E-state index contributed by atoms with van der Waals surface area (Å²) in [6.07, 6.45) is 2.00. The van der Waals surface area contributed by atoms with Crippen LogP contribution in [0.5, 0.6) is 0 Å². The first-order chi connectivity index (χ1) is 14.9. The Labute approximate surface area is 183 Å². The van der Waals surface area contributed by atoms with Crippen molar-refractivity contribution in [2.24, 2.45) is 0 Å². The molecule has 0 aliphatic carbocycles. The van der Waals surface area contributed by atoms with Gasteiger partial charge in [0.2, 0.25) is 11.8 Å². The van der Waals surface area contributed by atoms with Crippen LogP contribution in [0, 0.1) is 6.92 Å². The van der Waals surface area contributed by atoms with Gasteiger partial charge in [-0.05, 0) is 39.2 Å². The third-order valence-electron chi connectivity index (χ3n) is 5.98. The second kappa shape index (κ2) is 9.14. The molecule has 164 valence electrons. The van der Waals surface area contributed by atoms with Crippen molar-refractivity contribution >= 4 is 17.6 Å². The van der Waals surface area contributed by atoms with Crippen molar-refractivity contribution in [1.82, 2.24) is 14.9 Å². The first-order valence-corrected chi connectivity index (χ1v) is 11.0. The van der Waals surface area contributed by atoms with Crippen LogP contribution in [-0.4, -0.2) is 52.5 Å². The summed E-state index contributed by atoms with van der Waals surface area (Å²) < 4.78 is 5.47. The number of hydrogen-bond acceptors (Lipinski definition) is 5. The average Bonchev–Trinajstić information content (AvgIpc) is 3.25. The molecule has 0 radical (unpaired) electrons. The number of amides is 2. The van der Waals surface area contributed by atoms with E-state index in [0.717, 1.165) is 34.9 Å². The number of nitrogens with zero attached hydrogens (tertiary/aromatic N) is 4. The van der Waals surface area contributed by atoms with Crippen LogP contribution < -0.4 is 4.90 Å². The maximum Gasteiger partial charge on any atom is 0.248 e. The molecule has 1 aromatic carbocycles. The molecule has 4 rings (SSSR count). The highest BCUT2D eigenvalue weighted by molar-refractivity contribution is 5.95. The van der Waals surface area contributed by atoms with Crippen LogP contribution in [0.3, 0.4) is 0 Å². The number of aromatic nitrogens is 2. The van der Waals surface area contributed by atoms with Crippen molar-refractivity contribution in [1.29, 1.82) is 0 Å². The number of fused-ring (bicyclic) bond motifs is 1. The Hall–Kier alpha value is -2.80. The van der Waals surface area contributed by atoms with E-state index in [1.807, 2.05) is 56.0 Å². The number of rotatable bonds is 6. The van der Waals surface area contributed by atoms with Crippen molar-refractivity contribution in [2.75, 3.05) is 24.6 Å². The van der Waals surface area contributed by atoms with E-state index in [1.165, 1.54) is 0 Å². The lowest BCUT2D eigenvalue weighted by Gasteiger charge is -2.30. The van der Waals surface area contributed by atoms with E-state index in [0.29, 0.717) is 32.5 Å². The van der Waals surface area contributed by atoms with Crippen molar-refractivity contribution in [3.63, 3.8) is 0 Å². The van der Waals surface area contributed by atoms with E-state index in [1.54, 1.807) is 4.90 Å². The maximum absolute atomic E-state index is 12.8. The highest BCUT2D eigenvalue weighted by atomic mass is 16.5. The van der Waals surface area contributed by atoms with Crippen LogP contribution in [-0.2, 0) is 27.3 Å². The van der Waals surface area contributed by atoms with Crippen LogP contribution >= 0.6 is 0 Å². The maximum atomic E-state index is 12.8. The van der Waals surface area contributed by atoms with Gasteiger partial charge in [-0.15, -0.1) is 0 Å². The second-order valence-corrected chi connectivity index (χ2v) is 8.62. The fourth-order valence-corrected chi connectivity index (χ4v) is 4.24. The Morgan fingerprint density at radius 3 is 2.71 bits per heavy atom. The largest absolute Gasteiger partial charge is 0.369 e. The summed E-state index contributed by atoms with van der Waals surface area (Å²) in [5, 5.41) is 0. The smallest absolute Gasteiger partial charge is 0.248 e. The molecule has 0 bridgehead atoms. The molecule has 1 fully saturated rings. The van der Waals surface area contributed by atoms with Gasteiger partial charge in [-0.25, -0.2) is 9.97 Å². The van der Waals surface area contributed by atoms with Gasteiger partial charge >= 0.3 is 0 Å². The molecular weight excluding hydrogens is 392 g/mol. The summed E-state index contributed by atoms with van der Waals surface area (Å²) in [5.74, 6) is 1.63. The summed E-state index contributed by atoms with van der Waals surface area (Å²) in [6, 6.07) is 9.98. The summed E-state index contributed by atoms with van der Waals surface area (Å²) in [7, 11) is 0. The highest BCUT2D eigenvalue weighted by Gasteiger charge is 2.33. The van der Waals surface area contributed by atoms with E-state index in [4.69, 9.17) is 14.7 Å². The zero-order chi connectivity index (χ0) is 22.0. The predicted molar refractivity (Wildman–Crippen MR) is 118 cm³/mol. The van der Waals surface area contributed by atoms with Gasteiger partial charge in [0.15, 0.2) is 0 Å². The quantitative estimate of drug-likeness (QED) is 0.715. The first-order valence-electron chi connectivity index (χ1n) is 11.0. The number of carbonyl (C=O) groups is 2. The summed E-state index contributed by atoms with van der Waals surface area (Å²) in [4.78, 5) is 38.5. The minimum Gasteiger partial charge on any atom is -0.369 e. The number of anilines is 1. The van der Waals surface area contributed by atoms with Crippen molar-refractivity contribution in [3.8, 4) is 0 Å². The highest BCUT2D eigenvalue weighted by Crippen LogP contribution is 2.33. The third kappa shape index (κ3) is 4.77. The van der Waals surface area contributed by atoms with E-state index in [9.17, 15) is 9.59 Å². The second-order valence-electron chi connectivity index (χ2n) is 8.62. The summed E-state index contributed by atoms with van der Waals surface area (Å²) >= 11 is 0. The topological polar surface area (TPSA) is 75.6 Å². The standard InChI is InChI=1S/C24H30N4O3/c1-16(2)31-15-22(30)27-12-11-19(14-27)23-25-17(3)20-9-10-21(29)28(24(20)26-23)13-18-7-5-4-6-8-18/h4-8,16,19H,9-15H2,1-3H3. The monoisotopic (exact) mass is 422 g/mol. The molecule has 2 amide bonds. The molecule has 0 spiro atoms. The molecule has 7 nitrogen and oxygen atoms in total. The zero-order valence-corrected chi connectivity index (χ0v) is 18.5. The molecule has 2 aliphatic heterocycles. The molecule has 1 atom stereocenters. The Kier molecular flexibility index (Phi) is 6.32. The molecule has 0 saturated carbocycles. The van der Waals surface area contributed by atoms with Crippen LogP contribution in [0.4, 0.5) is 5.82 Å². The van der Waals surface area contributed by atoms with E-state index >= 15 is 0 Å². The van der Waals surface area contributed by atoms with Crippen molar-refractivity contribution < 1.29 is 14.3 Å². The lowest BCUT2D eigenvalue weighted by Crippen LogP contribution is -2.36. The van der Waals surface area contributed by atoms with Crippen molar-refractivity contribution in [2.45, 2.75) is 58.6 Å². The average molecular weight is 423 g/mol. The molecule has 1 aromatic heterocycles. The predicted octanol–water partition coefficient (Wildman–Crippen LogP) is 3.01. The lowest BCUT2D eigenvalue weighted by atomic mass is 10.0.